The highest BCUT2D eigenvalue weighted by molar-refractivity contribution is 6.00. The Morgan fingerprint density at radius 3 is 2.40 bits per heavy atom. The minimum Gasteiger partial charge on any atom is -0.480 e. The van der Waals surface area contributed by atoms with Gasteiger partial charge in [0.1, 0.15) is 12.6 Å². The zero-order valence-corrected chi connectivity index (χ0v) is 11.3. The molecule has 0 aromatic heterocycles. The molecule has 1 aliphatic heterocycles. The molecule has 106 valence electrons. The summed E-state index contributed by atoms with van der Waals surface area (Å²) in [6, 6.07) is 4.29. The Hall–Kier alpha value is -2.37. The molecule has 2 rings (SSSR count). The summed E-state index contributed by atoms with van der Waals surface area (Å²) in [4.78, 5) is 36.2. The molecule has 6 heteroatoms. The van der Waals surface area contributed by atoms with Crippen LogP contribution in [-0.4, -0.2) is 46.9 Å². The summed E-state index contributed by atoms with van der Waals surface area (Å²) in [5, 5.41) is 11.6. The summed E-state index contributed by atoms with van der Waals surface area (Å²) in [5.41, 5.74) is 2.24. The molecule has 0 radical (unpaired) electrons. The number of hydrogen-bond donors (Lipinski definition) is 2. The number of carboxylic acid groups (broad SMARTS) is 1. The number of amides is 2. The molecule has 0 spiro atoms. The quantitative estimate of drug-likeness (QED) is 0.815. The molecule has 1 aromatic carbocycles. The number of nitrogens with one attached hydrogen (secondary N) is 1. The van der Waals surface area contributed by atoms with Crippen molar-refractivity contribution < 1.29 is 19.5 Å². The second-order valence-corrected chi connectivity index (χ2v) is 4.97. The van der Waals surface area contributed by atoms with Crippen molar-refractivity contribution in [2.45, 2.75) is 19.9 Å². The molecule has 1 aromatic rings. The first-order valence-corrected chi connectivity index (χ1v) is 6.27. The van der Waals surface area contributed by atoms with Gasteiger partial charge < -0.3 is 15.3 Å². The highest BCUT2D eigenvalue weighted by Crippen LogP contribution is 2.15. The summed E-state index contributed by atoms with van der Waals surface area (Å²) in [7, 11) is 0. The van der Waals surface area contributed by atoms with Crippen molar-refractivity contribution in [1.29, 1.82) is 0 Å². The van der Waals surface area contributed by atoms with Crippen LogP contribution in [0.15, 0.2) is 18.2 Å². The number of piperazine rings is 1. The number of rotatable bonds is 2. The van der Waals surface area contributed by atoms with Gasteiger partial charge in [0.25, 0.3) is 5.91 Å². The molecule has 6 nitrogen and oxygen atoms in total. The standard InChI is InChI=1S/C14H16N2O4/c1-8-3-9(2)5-10(4-8)13(18)16-7-12(17)15-6-11(16)14(19)20/h3-5,11H,6-7H2,1-2H3,(H,15,17)(H,19,20). The second kappa shape index (κ2) is 5.32. The highest BCUT2D eigenvalue weighted by Gasteiger charge is 2.35. The van der Waals surface area contributed by atoms with E-state index in [2.05, 4.69) is 5.32 Å². The molecular weight excluding hydrogens is 260 g/mol. The van der Waals surface area contributed by atoms with Gasteiger partial charge in [-0.1, -0.05) is 17.2 Å². The number of aryl methyl sites for hydroxylation is 2. The maximum absolute atomic E-state index is 12.4. The first-order valence-electron chi connectivity index (χ1n) is 6.27. The van der Waals surface area contributed by atoms with Gasteiger partial charge in [-0.25, -0.2) is 4.79 Å². The van der Waals surface area contributed by atoms with E-state index in [0.717, 1.165) is 16.0 Å². The van der Waals surface area contributed by atoms with Crippen LogP contribution in [0.4, 0.5) is 0 Å². The molecule has 0 bridgehead atoms. The van der Waals surface area contributed by atoms with Crippen LogP contribution in [0.2, 0.25) is 0 Å². The van der Waals surface area contributed by atoms with E-state index in [1.165, 1.54) is 0 Å². The summed E-state index contributed by atoms with van der Waals surface area (Å²) in [5.74, 6) is -1.90. The number of benzene rings is 1. The van der Waals surface area contributed by atoms with Gasteiger partial charge in [0.2, 0.25) is 5.91 Å². The summed E-state index contributed by atoms with van der Waals surface area (Å²) in [6.07, 6.45) is 0. The van der Waals surface area contributed by atoms with Crippen molar-refractivity contribution in [3.8, 4) is 0 Å². The van der Waals surface area contributed by atoms with Gasteiger partial charge in [0.05, 0.1) is 0 Å². The third-order valence-electron chi connectivity index (χ3n) is 3.20. The van der Waals surface area contributed by atoms with Crippen molar-refractivity contribution in [2.75, 3.05) is 13.1 Å². The van der Waals surface area contributed by atoms with Crippen molar-refractivity contribution >= 4 is 17.8 Å². The van der Waals surface area contributed by atoms with Gasteiger partial charge in [0.15, 0.2) is 0 Å². The van der Waals surface area contributed by atoms with Crippen LogP contribution >= 0.6 is 0 Å². The lowest BCUT2D eigenvalue weighted by molar-refractivity contribution is -0.144. The van der Waals surface area contributed by atoms with Crippen LogP contribution in [-0.2, 0) is 9.59 Å². The summed E-state index contributed by atoms with van der Waals surface area (Å²) < 4.78 is 0. The maximum Gasteiger partial charge on any atom is 0.328 e. The smallest absolute Gasteiger partial charge is 0.328 e. The van der Waals surface area contributed by atoms with Crippen LogP contribution < -0.4 is 5.32 Å². The molecule has 2 N–H and O–H groups in total. The van der Waals surface area contributed by atoms with Crippen molar-refractivity contribution in [1.82, 2.24) is 10.2 Å². The van der Waals surface area contributed by atoms with E-state index in [1.807, 2.05) is 19.9 Å². The van der Waals surface area contributed by atoms with Crippen LogP contribution in [0.5, 0.6) is 0 Å². The van der Waals surface area contributed by atoms with Gasteiger partial charge >= 0.3 is 5.97 Å². The van der Waals surface area contributed by atoms with Gasteiger partial charge in [-0.3, -0.25) is 9.59 Å². The fourth-order valence-corrected chi connectivity index (χ4v) is 2.34. The number of carboxylic acids is 1. The molecule has 0 aliphatic carbocycles. The van der Waals surface area contributed by atoms with E-state index in [-0.39, 0.29) is 19.0 Å². The number of nitrogens with zero attached hydrogens (tertiary/aromatic N) is 1. The predicted molar refractivity (Wildman–Crippen MR) is 71.4 cm³/mol. The molecule has 0 saturated carbocycles. The number of carbonyl (C=O) groups excluding carboxylic acids is 2. The monoisotopic (exact) mass is 276 g/mol. The van der Waals surface area contributed by atoms with Crippen LogP contribution in [0.25, 0.3) is 0 Å². The van der Waals surface area contributed by atoms with Crippen molar-refractivity contribution in [3.63, 3.8) is 0 Å². The Morgan fingerprint density at radius 2 is 1.85 bits per heavy atom. The van der Waals surface area contributed by atoms with Gasteiger partial charge in [-0.2, -0.15) is 0 Å². The molecule has 1 heterocycles. The molecule has 1 saturated heterocycles. The van der Waals surface area contributed by atoms with E-state index >= 15 is 0 Å². The molecule has 1 atom stereocenters. The normalized spacial score (nSPS) is 18.6. The Balaban J connectivity index is 2.33. The highest BCUT2D eigenvalue weighted by atomic mass is 16.4. The van der Waals surface area contributed by atoms with E-state index in [1.54, 1.807) is 12.1 Å². The Labute approximate surface area is 116 Å². The molecule has 1 unspecified atom stereocenters. The van der Waals surface area contributed by atoms with Crippen LogP contribution in [0.1, 0.15) is 21.5 Å². The Morgan fingerprint density at radius 1 is 1.25 bits per heavy atom. The molecular formula is C14H16N2O4. The largest absolute Gasteiger partial charge is 0.480 e. The first kappa shape index (κ1) is 14.0. The summed E-state index contributed by atoms with van der Waals surface area (Å²) >= 11 is 0. The SMILES string of the molecule is Cc1cc(C)cc(C(=O)N2CC(=O)NCC2C(=O)O)c1. The Kier molecular flexibility index (Phi) is 3.74. The van der Waals surface area contributed by atoms with E-state index in [9.17, 15) is 14.4 Å². The van der Waals surface area contributed by atoms with E-state index < -0.39 is 17.9 Å². The van der Waals surface area contributed by atoms with Crippen molar-refractivity contribution in [2.24, 2.45) is 0 Å². The van der Waals surface area contributed by atoms with Crippen LogP contribution in [0, 0.1) is 13.8 Å². The average Bonchev–Trinajstić information content (AvgIpc) is 2.36. The van der Waals surface area contributed by atoms with Crippen molar-refractivity contribution in [3.05, 3.63) is 34.9 Å². The van der Waals surface area contributed by atoms with Gasteiger partial charge in [0, 0.05) is 12.1 Å². The fourth-order valence-electron chi connectivity index (χ4n) is 2.34. The van der Waals surface area contributed by atoms with Gasteiger partial charge in [-0.15, -0.1) is 0 Å². The topological polar surface area (TPSA) is 86.7 Å². The average molecular weight is 276 g/mol. The van der Waals surface area contributed by atoms with E-state index in [4.69, 9.17) is 5.11 Å². The minimum atomic E-state index is -1.12. The first-order chi connectivity index (χ1) is 9.38. The number of carbonyl (C=O) groups is 3. The lowest BCUT2D eigenvalue weighted by Crippen LogP contribution is -2.59. The van der Waals surface area contributed by atoms with Crippen LogP contribution in [0.3, 0.4) is 0 Å². The maximum atomic E-state index is 12.4. The molecule has 2 amide bonds. The molecule has 1 aliphatic rings. The summed E-state index contributed by atoms with van der Waals surface area (Å²) in [6.45, 7) is 3.43. The minimum absolute atomic E-state index is 0.0648. The Bertz CT molecular complexity index is 562. The lowest BCUT2D eigenvalue weighted by Gasteiger charge is -2.32. The third kappa shape index (κ3) is 2.79. The third-order valence-corrected chi connectivity index (χ3v) is 3.20. The fraction of sp³-hybridized carbons (Fsp3) is 0.357. The predicted octanol–water partition coefficient (Wildman–Crippen LogP) is 0.329. The molecule has 1 fully saturated rings. The lowest BCUT2D eigenvalue weighted by atomic mass is 10.0. The number of aliphatic carboxylic acids is 1. The zero-order valence-electron chi connectivity index (χ0n) is 11.3. The second-order valence-electron chi connectivity index (χ2n) is 4.97. The number of hydrogen-bond acceptors (Lipinski definition) is 3. The van der Waals surface area contributed by atoms with Gasteiger partial charge in [-0.05, 0) is 26.0 Å². The zero-order chi connectivity index (χ0) is 14.9. The molecule has 20 heavy (non-hydrogen) atoms. The van der Waals surface area contributed by atoms with E-state index in [0.29, 0.717) is 5.56 Å².